The van der Waals surface area contributed by atoms with Gasteiger partial charge in [0.2, 0.25) is 5.91 Å². The quantitative estimate of drug-likeness (QED) is 0.207. The number of amidine groups is 1. The first kappa shape index (κ1) is 31.7. The van der Waals surface area contributed by atoms with Gasteiger partial charge in [0.1, 0.15) is 5.78 Å². The first-order valence-corrected chi connectivity index (χ1v) is 15.2. The van der Waals surface area contributed by atoms with Crippen LogP contribution >= 0.6 is 0 Å². The summed E-state index contributed by atoms with van der Waals surface area (Å²) in [5, 5.41) is 11.0. The largest absolute Gasteiger partial charge is 0.330 e. The van der Waals surface area contributed by atoms with E-state index in [0.29, 0.717) is 37.1 Å². The number of nitrogens with two attached hydrogens (primary N) is 1. The van der Waals surface area contributed by atoms with Crippen LogP contribution in [0.1, 0.15) is 50.7 Å². The second kappa shape index (κ2) is 13.9. The van der Waals surface area contributed by atoms with Gasteiger partial charge in [0.15, 0.2) is 12.5 Å². The van der Waals surface area contributed by atoms with Crippen LogP contribution in [0.25, 0.3) is 22.2 Å². The summed E-state index contributed by atoms with van der Waals surface area (Å²) < 4.78 is 1.59. The van der Waals surface area contributed by atoms with Gasteiger partial charge in [0.05, 0.1) is 11.0 Å². The van der Waals surface area contributed by atoms with Crippen molar-refractivity contribution in [1.29, 1.82) is 0 Å². The molecule has 4 N–H and O–H groups in total. The van der Waals surface area contributed by atoms with E-state index in [1.54, 1.807) is 11.6 Å². The molecule has 0 unspecified atom stereocenters. The van der Waals surface area contributed by atoms with Crippen LogP contribution in [-0.2, 0) is 23.1 Å². The van der Waals surface area contributed by atoms with Crippen molar-refractivity contribution in [3.05, 3.63) is 88.3 Å². The zero-order valence-corrected chi connectivity index (χ0v) is 24.8. The molecule has 2 aliphatic rings. The Bertz CT molecular complexity index is 1780. The molecular weight excluding hydrogens is 566 g/mol. The molecule has 1 atom stereocenters. The standard InChI is InChI=1S/C34H37N7O3.CH4/c1-41-30-17-26(12-15-29(30)39-34(41)44)23-6-2-21(3-7-23)16-27(18-31(42)24-8-4-22(19-35)5-9-24)33(43)38-28-13-10-25(11-14-28)32-36-20-37-40-32;/h2-3,6-7,10-15,17,22,24,27H,4-5,8-9,16,18-20,35H2,1H3,(H,38,43)(H,39,44);1H4/t22?,24?,27-;/m1./s1. The molecule has 0 radical (unpaired) electrons. The number of Topliss-reactive ketones (excluding diaryl/α,β-unsaturated/α-hetero) is 1. The highest BCUT2D eigenvalue weighted by molar-refractivity contribution is 6.01. The molecule has 10 nitrogen and oxygen atoms in total. The van der Waals surface area contributed by atoms with E-state index in [1.165, 1.54) is 0 Å². The normalized spacial score (nSPS) is 18.3. The third-order valence-electron chi connectivity index (χ3n) is 8.99. The lowest BCUT2D eigenvalue weighted by atomic mass is 9.77. The summed E-state index contributed by atoms with van der Waals surface area (Å²) in [4.78, 5) is 46.2. The van der Waals surface area contributed by atoms with Gasteiger partial charge in [-0.25, -0.2) is 9.79 Å². The number of aliphatic imine (C=N–C) groups is 1. The lowest BCUT2D eigenvalue weighted by molar-refractivity contribution is -0.129. The van der Waals surface area contributed by atoms with E-state index in [1.807, 2.05) is 66.7 Å². The van der Waals surface area contributed by atoms with Gasteiger partial charge in [-0.15, -0.1) is 5.11 Å². The number of aromatic nitrogens is 2. The van der Waals surface area contributed by atoms with E-state index in [4.69, 9.17) is 5.73 Å². The number of aryl methyl sites for hydroxylation is 1. The van der Waals surface area contributed by atoms with Crippen LogP contribution in [0.3, 0.4) is 0 Å². The minimum Gasteiger partial charge on any atom is -0.330 e. The fourth-order valence-electron chi connectivity index (χ4n) is 6.23. The Morgan fingerprint density at radius 1 is 0.978 bits per heavy atom. The predicted molar refractivity (Wildman–Crippen MR) is 178 cm³/mol. The Hall–Kier alpha value is -4.70. The number of anilines is 1. The fraction of sp³-hybridized carbons (Fsp3) is 0.371. The molecule has 10 heteroatoms. The first-order valence-electron chi connectivity index (χ1n) is 15.2. The summed E-state index contributed by atoms with van der Waals surface area (Å²) in [5.41, 5.74) is 11.8. The third kappa shape index (κ3) is 7.17. The van der Waals surface area contributed by atoms with E-state index in [2.05, 4.69) is 25.5 Å². The zero-order chi connectivity index (χ0) is 30.6. The maximum Gasteiger partial charge on any atom is 0.326 e. The summed E-state index contributed by atoms with van der Waals surface area (Å²) in [5.74, 6) is 0.509. The number of fused-ring (bicyclic) bond motifs is 1. The van der Waals surface area contributed by atoms with Crippen molar-refractivity contribution in [3.63, 3.8) is 0 Å². The monoisotopic (exact) mass is 607 g/mol. The van der Waals surface area contributed by atoms with Crippen molar-refractivity contribution in [1.82, 2.24) is 9.55 Å². The van der Waals surface area contributed by atoms with E-state index in [0.717, 1.165) is 59.0 Å². The van der Waals surface area contributed by atoms with Crippen LogP contribution in [-0.4, -0.2) is 40.3 Å². The van der Waals surface area contributed by atoms with Crippen molar-refractivity contribution in [2.75, 3.05) is 18.5 Å². The molecule has 1 aliphatic carbocycles. The van der Waals surface area contributed by atoms with Crippen molar-refractivity contribution in [2.45, 2.75) is 46.0 Å². The third-order valence-corrected chi connectivity index (χ3v) is 8.99. The molecule has 0 spiro atoms. The number of amides is 1. The number of azo groups is 1. The number of ketones is 1. The Labute approximate surface area is 262 Å². The average Bonchev–Trinajstić information content (AvgIpc) is 3.69. The fourth-order valence-corrected chi connectivity index (χ4v) is 6.23. The van der Waals surface area contributed by atoms with Crippen LogP contribution in [0.15, 0.2) is 86.7 Å². The number of hydrogen-bond donors (Lipinski definition) is 3. The number of hydrogen-bond acceptors (Lipinski definition) is 7. The van der Waals surface area contributed by atoms with E-state index >= 15 is 0 Å². The van der Waals surface area contributed by atoms with Gasteiger partial charge in [0.25, 0.3) is 0 Å². The molecule has 234 valence electrons. The van der Waals surface area contributed by atoms with Gasteiger partial charge >= 0.3 is 5.69 Å². The van der Waals surface area contributed by atoms with Gasteiger partial charge in [-0.3, -0.25) is 14.2 Å². The van der Waals surface area contributed by atoms with Crippen molar-refractivity contribution in [3.8, 4) is 11.1 Å². The predicted octanol–water partition coefficient (Wildman–Crippen LogP) is 5.86. The van der Waals surface area contributed by atoms with Crippen molar-refractivity contribution < 1.29 is 9.59 Å². The second-order valence-corrected chi connectivity index (χ2v) is 11.9. The molecule has 0 bridgehead atoms. The topological polar surface area (TPSA) is 147 Å². The molecule has 1 saturated carbocycles. The molecule has 6 rings (SSSR count). The minimum absolute atomic E-state index is 0. The van der Waals surface area contributed by atoms with Crippen LogP contribution < -0.4 is 16.7 Å². The Balaban J connectivity index is 0.00000400. The second-order valence-electron chi connectivity index (χ2n) is 11.9. The zero-order valence-electron chi connectivity index (χ0n) is 24.8. The average molecular weight is 608 g/mol. The van der Waals surface area contributed by atoms with Gasteiger partial charge in [-0.2, -0.15) is 5.11 Å². The number of aromatic amines is 1. The van der Waals surface area contributed by atoms with Crippen LogP contribution in [0.4, 0.5) is 5.69 Å². The smallest absolute Gasteiger partial charge is 0.326 e. The van der Waals surface area contributed by atoms with Gasteiger partial charge in [-0.1, -0.05) is 37.8 Å². The highest BCUT2D eigenvalue weighted by Crippen LogP contribution is 2.31. The summed E-state index contributed by atoms with van der Waals surface area (Å²) in [6, 6.07) is 21.3. The van der Waals surface area contributed by atoms with Crippen molar-refractivity contribution in [2.24, 2.45) is 45.8 Å². The number of carbonyl (C=O) groups excluding carboxylic acids is 2. The van der Waals surface area contributed by atoms with Crippen LogP contribution in [0, 0.1) is 17.8 Å². The lowest BCUT2D eigenvalue weighted by Gasteiger charge is -2.27. The summed E-state index contributed by atoms with van der Waals surface area (Å²) in [6.45, 7) is 0.996. The minimum atomic E-state index is -0.515. The molecule has 2 heterocycles. The summed E-state index contributed by atoms with van der Waals surface area (Å²) in [7, 11) is 1.75. The van der Waals surface area contributed by atoms with Crippen LogP contribution in [0.2, 0.25) is 0 Å². The number of benzene rings is 3. The van der Waals surface area contributed by atoms with Crippen molar-refractivity contribution >= 4 is 34.2 Å². The SMILES string of the molecule is C.Cn1c(=O)[nH]c2ccc(-c3ccc(C[C@H](CC(=O)C4CCC(CN)CC4)C(=O)Nc4ccc(C5=NCN=N5)cc4)cc3)cc21. The Morgan fingerprint density at radius 3 is 2.33 bits per heavy atom. The van der Waals surface area contributed by atoms with Crippen LogP contribution in [0.5, 0.6) is 0 Å². The van der Waals surface area contributed by atoms with Gasteiger partial charge in [-0.05, 0) is 97.7 Å². The molecule has 45 heavy (non-hydrogen) atoms. The van der Waals surface area contributed by atoms with Gasteiger partial charge < -0.3 is 16.0 Å². The maximum atomic E-state index is 13.7. The molecule has 1 amide bonds. The molecule has 1 aromatic heterocycles. The molecule has 0 saturated heterocycles. The highest BCUT2D eigenvalue weighted by atomic mass is 16.2. The molecule has 3 aromatic carbocycles. The molecular formula is C35H41N7O3. The Morgan fingerprint density at radius 2 is 1.67 bits per heavy atom. The maximum absolute atomic E-state index is 13.7. The molecule has 4 aromatic rings. The lowest BCUT2D eigenvalue weighted by Crippen LogP contribution is -2.31. The molecule has 1 fully saturated rings. The summed E-state index contributed by atoms with van der Waals surface area (Å²) in [6.07, 6.45) is 4.24. The highest BCUT2D eigenvalue weighted by Gasteiger charge is 2.30. The number of nitrogens with zero attached hydrogens (tertiary/aromatic N) is 4. The number of nitrogens with one attached hydrogen (secondary N) is 2. The summed E-state index contributed by atoms with van der Waals surface area (Å²) >= 11 is 0. The van der Waals surface area contributed by atoms with E-state index in [9.17, 15) is 14.4 Å². The number of H-pyrrole nitrogens is 1. The first-order chi connectivity index (χ1) is 21.4. The van der Waals surface area contributed by atoms with Gasteiger partial charge in [0, 0.05) is 36.6 Å². The Kier molecular flexibility index (Phi) is 9.83. The number of carbonyl (C=O) groups is 2. The molecule has 1 aliphatic heterocycles. The number of rotatable bonds is 10. The number of imidazole rings is 1. The van der Waals surface area contributed by atoms with E-state index < -0.39 is 5.92 Å². The van der Waals surface area contributed by atoms with E-state index in [-0.39, 0.29) is 37.1 Å².